The Morgan fingerprint density at radius 2 is 1.93 bits per heavy atom. The Balaban J connectivity index is 1.78. The molecule has 0 aliphatic heterocycles. The van der Waals surface area contributed by atoms with Gasteiger partial charge in [-0.3, -0.25) is 0 Å². The number of nitrogens with zero attached hydrogens (tertiary/aromatic N) is 2. The summed E-state index contributed by atoms with van der Waals surface area (Å²) in [5.74, 6) is 2.24. The van der Waals surface area contributed by atoms with Gasteiger partial charge in [0.2, 0.25) is 5.88 Å². The maximum absolute atomic E-state index is 9.63. The van der Waals surface area contributed by atoms with Gasteiger partial charge in [0.15, 0.2) is 6.10 Å². The first-order valence-corrected chi connectivity index (χ1v) is 10.6. The zero-order valence-electron chi connectivity index (χ0n) is 17.0. The summed E-state index contributed by atoms with van der Waals surface area (Å²) in [7, 11) is 0. The number of aliphatic hydroxyl groups excluding tert-OH is 1. The van der Waals surface area contributed by atoms with Crippen LogP contribution in [0.2, 0.25) is 10.0 Å². The van der Waals surface area contributed by atoms with Gasteiger partial charge in [0.05, 0.1) is 12.6 Å². The van der Waals surface area contributed by atoms with Gasteiger partial charge in [-0.05, 0) is 42.2 Å². The predicted molar refractivity (Wildman–Crippen MR) is 120 cm³/mol. The Morgan fingerprint density at radius 1 is 1.17 bits per heavy atom. The van der Waals surface area contributed by atoms with Crippen molar-refractivity contribution in [3.05, 3.63) is 70.2 Å². The molecule has 0 bridgehead atoms. The molecule has 6 nitrogen and oxygen atoms in total. The van der Waals surface area contributed by atoms with E-state index >= 15 is 0 Å². The summed E-state index contributed by atoms with van der Waals surface area (Å²) in [6.45, 7) is 4.27. The van der Waals surface area contributed by atoms with Crippen molar-refractivity contribution in [1.29, 1.82) is 0 Å². The largest absolute Gasteiger partial charge is 0.466 e. The highest BCUT2D eigenvalue weighted by Crippen LogP contribution is 2.27. The van der Waals surface area contributed by atoms with Gasteiger partial charge in [0, 0.05) is 34.9 Å². The molecule has 0 fully saturated rings. The van der Waals surface area contributed by atoms with E-state index in [9.17, 15) is 5.11 Å². The Morgan fingerprint density at radius 3 is 2.57 bits per heavy atom. The highest BCUT2D eigenvalue weighted by atomic mass is 35.5. The van der Waals surface area contributed by atoms with Gasteiger partial charge >= 0.3 is 0 Å². The van der Waals surface area contributed by atoms with Crippen LogP contribution >= 0.6 is 23.2 Å². The molecule has 1 aromatic carbocycles. The maximum Gasteiger partial charge on any atom is 0.215 e. The van der Waals surface area contributed by atoms with Crippen molar-refractivity contribution in [3.63, 3.8) is 0 Å². The third kappa shape index (κ3) is 6.62. The second-order valence-corrected chi connectivity index (χ2v) is 8.45. The molecule has 0 saturated carbocycles. The number of hydrogen-bond acceptors (Lipinski definition) is 5. The quantitative estimate of drug-likeness (QED) is 0.392. The summed E-state index contributed by atoms with van der Waals surface area (Å²) in [5, 5.41) is 14.0. The first kappa shape index (κ1) is 22.4. The van der Waals surface area contributed by atoms with E-state index in [1.165, 1.54) is 0 Å². The number of aliphatic hydroxyl groups is 1. The summed E-state index contributed by atoms with van der Waals surface area (Å²) in [4.78, 5) is 12.0. The molecule has 1 unspecified atom stereocenters. The number of aromatic nitrogens is 3. The molecular formula is C22H26Cl2N4O2. The van der Waals surface area contributed by atoms with E-state index in [0.29, 0.717) is 39.9 Å². The van der Waals surface area contributed by atoms with Crippen molar-refractivity contribution in [2.24, 2.45) is 5.92 Å². The lowest BCUT2D eigenvalue weighted by Gasteiger charge is -2.20. The van der Waals surface area contributed by atoms with Crippen LogP contribution in [0.5, 0.6) is 5.88 Å². The molecule has 0 amide bonds. The van der Waals surface area contributed by atoms with Crippen LogP contribution in [0.15, 0.2) is 48.8 Å². The van der Waals surface area contributed by atoms with E-state index in [1.54, 1.807) is 24.5 Å². The Kier molecular flexibility index (Phi) is 7.96. The Labute approximate surface area is 186 Å². The number of anilines is 1. The average Bonchev–Trinajstić information content (AvgIpc) is 3.21. The number of ether oxygens (including phenoxy) is 1. The first-order chi connectivity index (χ1) is 14.4. The lowest BCUT2D eigenvalue weighted by molar-refractivity contribution is 0.189. The van der Waals surface area contributed by atoms with Gasteiger partial charge in [-0.15, -0.1) is 0 Å². The molecule has 3 aromatic rings. The van der Waals surface area contributed by atoms with Crippen LogP contribution in [0.4, 0.5) is 5.82 Å². The minimum absolute atomic E-state index is 0.0372. The fourth-order valence-electron chi connectivity index (χ4n) is 3.25. The highest BCUT2D eigenvalue weighted by Gasteiger charge is 2.19. The number of aromatic amines is 1. The second-order valence-electron chi connectivity index (χ2n) is 7.58. The molecule has 160 valence electrons. The van der Waals surface area contributed by atoms with Crippen molar-refractivity contribution in [2.75, 3.05) is 11.9 Å². The number of imidazole rings is 1. The van der Waals surface area contributed by atoms with Crippen molar-refractivity contribution < 1.29 is 9.84 Å². The van der Waals surface area contributed by atoms with Gasteiger partial charge in [0.1, 0.15) is 11.6 Å². The van der Waals surface area contributed by atoms with Crippen LogP contribution < -0.4 is 10.1 Å². The van der Waals surface area contributed by atoms with Gasteiger partial charge < -0.3 is 20.1 Å². The second kappa shape index (κ2) is 10.7. The standard InChI is InChI=1S/C22H26Cl2N4O2/c1-14(2)8-18(13-29)27-20-4-3-5-21(28-20)30-19(22-25-6-7-26-22)11-15-9-16(23)12-17(24)10-15/h3-7,9-10,12,14,18-19,29H,8,11,13H2,1-2H3,(H,25,26)(H,27,28)/t18?,19-/m0/s1. The summed E-state index contributed by atoms with van der Waals surface area (Å²) in [6, 6.07) is 10.9. The number of rotatable bonds is 10. The zero-order valence-corrected chi connectivity index (χ0v) is 18.5. The van der Waals surface area contributed by atoms with Crippen LogP contribution in [0, 0.1) is 5.92 Å². The summed E-state index contributed by atoms with van der Waals surface area (Å²) < 4.78 is 6.19. The molecular weight excluding hydrogens is 423 g/mol. The van der Waals surface area contributed by atoms with Crippen molar-refractivity contribution in [2.45, 2.75) is 38.8 Å². The lowest BCUT2D eigenvalue weighted by Crippen LogP contribution is -2.26. The smallest absolute Gasteiger partial charge is 0.215 e. The molecule has 2 heterocycles. The van der Waals surface area contributed by atoms with Gasteiger partial charge in [-0.25, -0.2) is 4.98 Å². The molecule has 0 saturated heterocycles. The molecule has 0 aliphatic rings. The predicted octanol–water partition coefficient (Wildman–Crippen LogP) is 5.29. The summed E-state index contributed by atoms with van der Waals surface area (Å²) in [5.41, 5.74) is 0.931. The minimum atomic E-state index is -0.401. The highest BCUT2D eigenvalue weighted by molar-refractivity contribution is 6.34. The molecule has 8 heteroatoms. The van der Waals surface area contributed by atoms with E-state index in [2.05, 4.69) is 34.1 Å². The van der Waals surface area contributed by atoms with E-state index in [4.69, 9.17) is 27.9 Å². The van der Waals surface area contributed by atoms with Gasteiger partial charge in [-0.1, -0.05) is 43.1 Å². The lowest BCUT2D eigenvalue weighted by atomic mass is 10.0. The fraction of sp³-hybridized carbons (Fsp3) is 0.364. The number of nitrogens with one attached hydrogen (secondary N) is 2. The number of H-pyrrole nitrogens is 1. The van der Waals surface area contributed by atoms with E-state index in [-0.39, 0.29) is 12.6 Å². The topological polar surface area (TPSA) is 83.1 Å². The van der Waals surface area contributed by atoms with E-state index in [0.717, 1.165) is 12.0 Å². The molecule has 2 aromatic heterocycles. The number of pyridine rings is 1. The SMILES string of the molecule is CC(C)CC(CO)Nc1cccc(O[C@@H](Cc2cc(Cl)cc(Cl)c2)c2ncc[nH]2)n1. The third-order valence-electron chi connectivity index (χ3n) is 4.48. The van der Waals surface area contributed by atoms with Gasteiger partial charge in [0.25, 0.3) is 0 Å². The molecule has 3 rings (SSSR count). The maximum atomic E-state index is 9.63. The molecule has 0 spiro atoms. The average molecular weight is 449 g/mol. The molecule has 2 atom stereocenters. The Hall–Kier alpha value is -2.28. The van der Waals surface area contributed by atoms with Crippen LogP contribution in [0.3, 0.4) is 0 Å². The molecule has 0 aliphatic carbocycles. The van der Waals surface area contributed by atoms with Crippen LogP contribution in [-0.4, -0.2) is 32.7 Å². The number of benzene rings is 1. The molecule has 3 N–H and O–H groups in total. The summed E-state index contributed by atoms with van der Waals surface area (Å²) >= 11 is 12.3. The third-order valence-corrected chi connectivity index (χ3v) is 4.92. The van der Waals surface area contributed by atoms with E-state index in [1.807, 2.05) is 24.3 Å². The van der Waals surface area contributed by atoms with Crippen LogP contribution in [-0.2, 0) is 6.42 Å². The zero-order chi connectivity index (χ0) is 21.5. The van der Waals surface area contributed by atoms with E-state index < -0.39 is 6.10 Å². The molecule has 0 radical (unpaired) electrons. The first-order valence-electron chi connectivity index (χ1n) is 9.88. The summed E-state index contributed by atoms with van der Waals surface area (Å²) in [6.07, 6.45) is 4.38. The van der Waals surface area contributed by atoms with Crippen LogP contribution in [0.25, 0.3) is 0 Å². The normalized spacial score (nSPS) is 13.3. The Bertz CT molecular complexity index is 914. The number of halogens is 2. The molecule has 30 heavy (non-hydrogen) atoms. The monoisotopic (exact) mass is 448 g/mol. The van der Waals surface area contributed by atoms with Crippen molar-refractivity contribution in [3.8, 4) is 5.88 Å². The van der Waals surface area contributed by atoms with Crippen LogP contribution in [0.1, 0.15) is 37.8 Å². The van der Waals surface area contributed by atoms with Gasteiger partial charge in [-0.2, -0.15) is 4.98 Å². The number of hydrogen-bond donors (Lipinski definition) is 3. The minimum Gasteiger partial charge on any atom is -0.466 e. The van der Waals surface area contributed by atoms with Crippen molar-refractivity contribution in [1.82, 2.24) is 15.0 Å². The van der Waals surface area contributed by atoms with Crippen molar-refractivity contribution >= 4 is 29.0 Å². The fourth-order valence-corrected chi connectivity index (χ4v) is 3.83.